The van der Waals surface area contributed by atoms with Gasteiger partial charge in [0.1, 0.15) is 5.75 Å². The molecular formula is C24H30N2O6S. The lowest BCUT2D eigenvalue weighted by atomic mass is 9.98. The molecule has 33 heavy (non-hydrogen) atoms. The molecule has 3 rings (SSSR count). The predicted octanol–water partition coefficient (Wildman–Crippen LogP) is 3.29. The van der Waals surface area contributed by atoms with E-state index in [0.29, 0.717) is 29.8 Å². The number of nitrogens with zero attached hydrogens (tertiary/aromatic N) is 1. The van der Waals surface area contributed by atoms with Gasteiger partial charge in [-0.1, -0.05) is 36.4 Å². The Morgan fingerprint density at radius 1 is 1.12 bits per heavy atom. The van der Waals surface area contributed by atoms with Crippen LogP contribution in [0.4, 0.5) is 5.69 Å². The maximum atomic E-state index is 13.2. The number of aryl methyl sites for hydroxylation is 1. The summed E-state index contributed by atoms with van der Waals surface area (Å²) in [6.45, 7) is 4.02. The van der Waals surface area contributed by atoms with Crippen LogP contribution in [-0.2, 0) is 24.3 Å². The zero-order chi connectivity index (χ0) is 24.0. The predicted molar refractivity (Wildman–Crippen MR) is 125 cm³/mol. The van der Waals surface area contributed by atoms with Crippen LogP contribution in [-0.4, -0.2) is 50.6 Å². The third-order valence-corrected chi connectivity index (χ3v) is 7.61. The van der Waals surface area contributed by atoms with Gasteiger partial charge in [0.15, 0.2) is 0 Å². The minimum Gasteiger partial charge on any atom is -0.495 e. The number of hydrogen-bond donors (Lipinski definition) is 1. The number of carbonyl (C=O) groups is 2. The molecule has 0 aliphatic carbocycles. The van der Waals surface area contributed by atoms with Gasteiger partial charge in [0.05, 0.1) is 24.5 Å². The Morgan fingerprint density at radius 2 is 1.79 bits per heavy atom. The number of anilines is 1. The summed E-state index contributed by atoms with van der Waals surface area (Å²) < 4.78 is 36.6. The van der Waals surface area contributed by atoms with E-state index >= 15 is 0 Å². The molecule has 1 aliphatic rings. The second-order valence-corrected chi connectivity index (χ2v) is 10.3. The Hall–Kier alpha value is -2.91. The lowest BCUT2D eigenvalue weighted by Gasteiger charge is -2.30. The van der Waals surface area contributed by atoms with Crippen molar-refractivity contribution in [1.29, 1.82) is 0 Å². The first-order valence-electron chi connectivity index (χ1n) is 10.9. The van der Waals surface area contributed by atoms with E-state index in [2.05, 4.69) is 5.32 Å². The topological polar surface area (TPSA) is 102 Å². The number of ether oxygens (including phenoxy) is 2. The Morgan fingerprint density at radius 3 is 2.39 bits per heavy atom. The van der Waals surface area contributed by atoms with Crippen molar-refractivity contribution >= 4 is 27.6 Å². The van der Waals surface area contributed by atoms with Crippen molar-refractivity contribution in [2.24, 2.45) is 5.92 Å². The van der Waals surface area contributed by atoms with Crippen LogP contribution in [0.2, 0.25) is 0 Å². The van der Waals surface area contributed by atoms with Crippen LogP contribution in [0, 0.1) is 12.8 Å². The van der Waals surface area contributed by atoms with E-state index in [1.54, 1.807) is 43.3 Å². The monoisotopic (exact) mass is 474 g/mol. The number of methoxy groups -OCH3 is 1. The second-order valence-electron chi connectivity index (χ2n) is 7.99. The molecule has 2 aromatic rings. The van der Waals surface area contributed by atoms with Gasteiger partial charge in [-0.05, 0) is 44.4 Å². The summed E-state index contributed by atoms with van der Waals surface area (Å²) in [5.74, 6) is -0.952. The summed E-state index contributed by atoms with van der Waals surface area (Å²) in [6.07, 6.45) is -0.443. The van der Waals surface area contributed by atoms with Crippen molar-refractivity contribution in [3.63, 3.8) is 0 Å². The summed E-state index contributed by atoms with van der Waals surface area (Å²) >= 11 is 0. The van der Waals surface area contributed by atoms with Crippen LogP contribution in [0.3, 0.4) is 0 Å². The molecule has 1 N–H and O–H groups in total. The SMILES string of the molecule is CCS(=O)(=O)N1CCC(C(=O)O[C@@H](C(=O)Nc2cc(C)ccc2OC)c2ccccc2)CC1. The molecule has 1 saturated heterocycles. The summed E-state index contributed by atoms with van der Waals surface area (Å²) in [6, 6.07) is 14.2. The van der Waals surface area contributed by atoms with Crippen molar-refractivity contribution < 1.29 is 27.5 Å². The van der Waals surface area contributed by atoms with Gasteiger partial charge in [0.25, 0.3) is 5.91 Å². The average Bonchev–Trinajstić information content (AvgIpc) is 2.83. The molecule has 9 heteroatoms. The minimum atomic E-state index is -3.29. The maximum Gasteiger partial charge on any atom is 0.310 e. The van der Waals surface area contributed by atoms with Gasteiger partial charge < -0.3 is 14.8 Å². The Bertz CT molecular complexity index is 1080. The average molecular weight is 475 g/mol. The van der Waals surface area contributed by atoms with Crippen molar-refractivity contribution in [3.05, 3.63) is 59.7 Å². The number of rotatable bonds is 8. The number of amides is 1. The van der Waals surface area contributed by atoms with E-state index in [4.69, 9.17) is 9.47 Å². The molecule has 1 fully saturated rings. The van der Waals surface area contributed by atoms with Crippen LogP contribution < -0.4 is 10.1 Å². The first kappa shape index (κ1) is 24.7. The Labute approximate surface area is 194 Å². The van der Waals surface area contributed by atoms with Crippen LogP contribution in [0.1, 0.15) is 37.0 Å². The molecule has 8 nitrogen and oxygen atoms in total. The van der Waals surface area contributed by atoms with Gasteiger partial charge in [0, 0.05) is 18.7 Å². The fraction of sp³-hybridized carbons (Fsp3) is 0.417. The van der Waals surface area contributed by atoms with Crippen LogP contribution in [0.5, 0.6) is 5.75 Å². The van der Waals surface area contributed by atoms with E-state index in [9.17, 15) is 18.0 Å². The number of nitrogens with one attached hydrogen (secondary N) is 1. The summed E-state index contributed by atoms with van der Waals surface area (Å²) in [5.41, 5.74) is 1.96. The molecule has 0 saturated carbocycles. The molecule has 1 amide bonds. The van der Waals surface area contributed by atoms with Crippen molar-refractivity contribution in [2.45, 2.75) is 32.8 Å². The van der Waals surface area contributed by atoms with Gasteiger partial charge in [0.2, 0.25) is 16.1 Å². The summed E-state index contributed by atoms with van der Waals surface area (Å²) in [4.78, 5) is 26.1. The number of benzene rings is 2. The lowest BCUT2D eigenvalue weighted by Crippen LogP contribution is -2.41. The van der Waals surface area contributed by atoms with E-state index in [0.717, 1.165) is 5.56 Å². The number of hydrogen-bond acceptors (Lipinski definition) is 6. The molecule has 178 valence electrons. The number of sulfonamides is 1. The van der Waals surface area contributed by atoms with Crippen LogP contribution in [0.15, 0.2) is 48.5 Å². The minimum absolute atomic E-state index is 0.0286. The molecular weight excluding hydrogens is 444 g/mol. The number of esters is 1. The summed E-state index contributed by atoms with van der Waals surface area (Å²) in [7, 11) is -1.78. The molecule has 0 aromatic heterocycles. The maximum absolute atomic E-state index is 13.2. The first-order chi connectivity index (χ1) is 15.7. The molecule has 0 spiro atoms. The van der Waals surface area contributed by atoms with Gasteiger partial charge in [-0.2, -0.15) is 0 Å². The highest BCUT2D eigenvalue weighted by Crippen LogP contribution is 2.29. The Balaban J connectivity index is 1.75. The highest BCUT2D eigenvalue weighted by molar-refractivity contribution is 7.89. The standard InChI is InChI=1S/C24H30N2O6S/c1-4-33(29,30)26-14-12-19(13-15-26)24(28)32-22(18-8-6-5-7-9-18)23(27)25-20-16-17(2)10-11-21(20)31-3/h5-11,16,19,22H,4,12-15H2,1-3H3,(H,25,27)/t22-/m1/s1. The largest absolute Gasteiger partial charge is 0.495 e. The molecule has 0 radical (unpaired) electrons. The summed E-state index contributed by atoms with van der Waals surface area (Å²) in [5, 5.41) is 2.82. The Kier molecular flexibility index (Phi) is 8.10. The fourth-order valence-corrected chi connectivity index (χ4v) is 4.92. The molecule has 0 bridgehead atoms. The number of carbonyl (C=O) groups excluding carboxylic acids is 2. The van der Waals surface area contributed by atoms with Gasteiger partial charge in [-0.3, -0.25) is 9.59 Å². The number of piperidine rings is 1. The fourth-order valence-electron chi connectivity index (χ4n) is 3.78. The zero-order valence-corrected chi connectivity index (χ0v) is 19.9. The third-order valence-electron chi connectivity index (χ3n) is 5.73. The highest BCUT2D eigenvalue weighted by Gasteiger charge is 2.34. The third kappa shape index (κ3) is 6.11. The van der Waals surface area contributed by atoms with Crippen molar-refractivity contribution in [3.8, 4) is 5.75 Å². The molecule has 1 aliphatic heterocycles. The molecule has 1 heterocycles. The van der Waals surface area contributed by atoms with Gasteiger partial charge >= 0.3 is 5.97 Å². The van der Waals surface area contributed by atoms with E-state index in [1.807, 2.05) is 19.1 Å². The highest BCUT2D eigenvalue weighted by atomic mass is 32.2. The zero-order valence-electron chi connectivity index (χ0n) is 19.1. The first-order valence-corrected chi connectivity index (χ1v) is 12.5. The van der Waals surface area contributed by atoms with Crippen LogP contribution in [0.25, 0.3) is 0 Å². The van der Waals surface area contributed by atoms with E-state index < -0.39 is 33.9 Å². The molecule has 1 atom stereocenters. The van der Waals surface area contributed by atoms with E-state index in [1.165, 1.54) is 11.4 Å². The van der Waals surface area contributed by atoms with Crippen molar-refractivity contribution in [1.82, 2.24) is 4.31 Å². The van der Waals surface area contributed by atoms with Gasteiger partial charge in [-0.15, -0.1) is 0 Å². The van der Waals surface area contributed by atoms with Crippen LogP contribution >= 0.6 is 0 Å². The van der Waals surface area contributed by atoms with E-state index in [-0.39, 0.29) is 18.8 Å². The molecule has 2 aromatic carbocycles. The lowest BCUT2D eigenvalue weighted by molar-refractivity contribution is -0.160. The quantitative estimate of drug-likeness (QED) is 0.589. The smallest absolute Gasteiger partial charge is 0.310 e. The molecule has 0 unspecified atom stereocenters. The normalized spacial score (nSPS) is 16.1. The van der Waals surface area contributed by atoms with Gasteiger partial charge in [-0.25, -0.2) is 12.7 Å². The second kappa shape index (κ2) is 10.8. The van der Waals surface area contributed by atoms with Crippen molar-refractivity contribution in [2.75, 3.05) is 31.3 Å².